The van der Waals surface area contributed by atoms with E-state index in [1.807, 2.05) is 0 Å². The molecule has 59 heavy (non-hydrogen) atoms. The van der Waals surface area contributed by atoms with Crippen LogP contribution >= 0.6 is 0 Å². The normalized spacial score (nSPS) is 13.8. The largest absolute Gasteiger partial charge is 0.394 e. The Morgan fingerprint density at radius 2 is 0.576 bits per heavy atom. The van der Waals surface area contributed by atoms with Gasteiger partial charge in [-0.15, -0.1) is 0 Å². The highest BCUT2D eigenvalue weighted by atomic mass is 16.3. The molecule has 0 aromatic heterocycles. The molecule has 0 aliphatic rings. The first-order valence-corrected chi connectivity index (χ1v) is 26.9. The second-order valence-electron chi connectivity index (χ2n) is 18.9. The van der Waals surface area contributed by atoms with E-state index in [9.17, 15) is 25.2 Å². The topological polar surface area (TPSA) is 110 Å². The van der Waals surface area contributed by atoms with Gasteiger partial charge in [-0.2, -0.15) is 0 Å². The summed E-state index contributed by atoms with van der Waals surface area (Å²) in [7, 11) is 0. The molecule has 0 aromatic rings. The predicted octanol–water partition coefficient (Wildman–Crippen LogP) is 15.1. The van der Waals surface area contributed by atoms with Crippen LogP contribution in [0.4, 0.5) is 0 Å². The minimum absolute atomic E-state index is 0.376. The van der Waals surface area contributed by atoms with Gasteiger partial charge in [-0.05, 0) is 12.8 Å². The van der Waals surface area contributed by atoms with Crippen LogP contribution in [-0.2, 0) is 4.79 Å². The maximum atomic E-state index is 12.6. The van der Waals surface area contributed by atoms with Gasteiger partial charge in [0.05, 0.1) is 18.8 Å². The minimum atomic E-state index is -1.25. The number of hydrogen-bond acceptors (Lipinski definition) is 5. The molecular weight excluding hydrogens is 731 g/mol. The first-order valence-electron chi connectivity index (χ1n) is 26.9. The Hall–Kier alpha value is -0.690. The number of carbonyl (C=O) groups is 1. The molecule has 0 saturated carbocycles. The summed E-state index contributed by atoms with van der Waals surface area (Å²) in [5.74, 6) is -0.577. The number of carbonyl (C=O) groups excluding carboxylic acids is 1. The molecule has 0 aromatic carbocycles. The van der Waals surface area contributed by atoms with Gasteiger partial charge < -0.3 is 25.7 Å². The third-order valence-electron chi connectivity index (χ3n) is 13.1. The molecule has 0 saturated heterocycles. The number of aliphatic hydroxyl groups excluding tert-OH is 4. The van der Waals surface area contributed by atoms with Crippen LogP contribution in [0.25, 0.3) is 0 Å². The van der Waals surface area contributed by atoms with E-state index in [4.69, 9.17) is 0 Å². The fourth-order valence-electron chi connectivity index (χ4n) is 8.82. The second kappa shape index (κ2) is 48.3. The van der Waals surface area contributed by atoms with Crippen molar-refractivity contribution in [2.45, 2.75) is 327 Å². The van der Waals surface area contributed by atoms with Crippen LogP contribution < -0.4 is 5.32 Å². The van der Waals surface area contributed by atoms with Crippen LogP contribution in [0.2, 0.25) is 0 Å². The maximum absolute atomic E-state index is 12.6. The lowest BCUT2D eigenvalue weighted by Crippen LogP contribution is -2.53. The van der Waals surface area contributed by atoms with Crippen LogP contribution in [0.1, 0.15) is 303 Å². The van der Waals surface area contributed by atoms with Crippen LogP contribution in [0.3, 0.4) is 0 Å². The fourth-order valence-corrected chi connectivity index (χ4v) is 8.82. The van der Waals surface area contributed by atoms with Gasteiger partial charge >= 0.3 is 0 Å². The Labute approximate surface area is 369 Å². The summed E-state index contributed by atoms with van der Waals surface area (Å²) in [6.45, 7) is 4.08. The lowest BCUT2D eigenvalue weighted by Gasteiger charge is -2.27. The molecule has 0 aliphatic heterocycles. The maximum Gasteiger partial charge on any atom is 0.249 e. The highest BCUT2D eigenvalue weighted by Gasteiger charge is 2.28. The Morgan fingerprint density at radius 3 is 0.814 bits per heavy atom. The highest BCUT2D eigenvalue weighted by molar-refractivity contribution is 5.80. The predicted molar refractivity (Wildman–Crippen MR) is 256 cm³/mol. The van der Waals surface area contributed by atoms with Gasteiger partial charge in [-0.25, -0.2) is 0 Å². The molecule has 0 spiro atoms. The van der Waals surface area contributed by atoms with Gasteiger partial charge in [0.2, 0.25) is 5.91 Å². The molecule has 4 atom stereocenters. The van der Waals surface area contributed by atoms with Crippen LogP contribution in [0, 0.1) is 0 Å². The molecule has 0 heterocycles. The Morgan fingerprint density at radius 1 is 0.356 bits per heavy atom. The molecule has 1 amide bonds. The molecule has 0 rings (SSSR count). The van der Waals surface area contributed by atoms with E-state index in [-0.39, 0.29) is 0 Å². The smallest absolute Gasteiger partial charge is 0.249 e. The quantitative estimate of drug-likeness (QED) is 0.0392. The fraction of sp³-hybridized carbons (Fsp3) is 0.981. The molecular formula is C53H107NO5. The van der Waals surface area contributed by atoms with E-state index in [0.717, 1.165) is 38.5 Å². The number of aliphatic hydroxyl groups is 4. The van der Waals surface area contributed by atoms with Gasteiger partial charge in [0.25, 0.3) is 0 Å². The zero-order chi connectivity index (χ0) is 43.1. The lowest BCUT2D eigenvalue weighted by atomic mass is 9.99. The first-order chi connectivity index (χ1) is 29.0. The Balaban J connectivity index is 3.54. The summed E-state index contributed by atoms with van der Waals surface area (Å²) >= 11 is 0. The summed E-state index contributed by atoms with van der Waals surface area (Å²) < 4.78 is 0. The summed E-state index contributed by atoms with van der Waals surface area (Å²) in [5.41, 5.74) is 0. The standard InChI is InChI=1S/C53H107NO5/c1-3-5-7-9-11-13-15-17-19-20-21-22-23-24-25-26-27-28-29-30-31-32-33-35-37-39-41-43-45-47-51(57)53(59)54-49(48-55)52(58)50(56)46-44-42-40-38-36-34-18-16-14-12-10-8-6-4-2/h49-52,55-58H,3-48H2,1-2H3,(H,54,59). The van der Waals surface area contributed by atoms with Gasteiger partial charge in [0.15, 0.2) is 0 Å². The molecule has 0 bridgehead atoms. The van der Waals surface area contributed by atoms with Crippen molar-refractivity contribution < 1.29 is 25.2 Å². The third kappa shape index (κ3) is 42.4. The van der Waals surface area contributed by atoms with Crippen molar-refractivity contribution in [1.82, 2.24) is 5.32 Å². The van der Waals surface area contributed by atoms with Gasteiger partial charge in [0, 0.05) is 0 Å². The van der Waals surface area contributed by atoms with E-state index in [0.29, 0.717) is 12.8 Å². The minimum Gasteiger partial charge on any atom is -0.394 e. The molecule has 354 valence electrons. The van der Waals surface area contributed by atoms with Crippen molar-refractivity contribution in [1.29, 1.82) is 0 Å². The van der Waals surface area contributed by atoms with Crippen molar-refractivity contribution in [2.75, 3.05) is 6.61 Å². The monoisotopic (exact) mass is 838 g/mol. The third-order valence-corrected chi connectivity index (χ3v) is 13.1. The number of rotatable bonds is 50. The summed E-state index contributed by atoms with van der Waals surface area (Å²) in [6, 6.07) is -0.979. The van der Waals surface area contributed by atoms with Crippen LogP contribution in [-0.4, -0.2) is 57.3 Å². The van der Waals surface area contributed by atoms with Crippen LogP contribution in [0.5, 0.6) is 0 Å². The number of amides is 1. The lowest BCUT2D eigenvalue weighted by molar-refractivity contribution is -0.132. The molecule has 0 radical (unpaired) electrons. The summed E-state index contributed by atoms with van der Waals surface area (Å²) in [6.07, 6.45) is 54.6. The molecule has 0 aliphatic carbocycles. The Kier molecular flexibility index (Phi) is 47.8. The molecule has 6 heteroatoms. The van der Waals surface area contributed by atoms with E-state index in [2.05, 4.69) is 19.2 Å². The SMILES string of the molecule is CCCCCCCCCCCCCCCCCCCCCCCCCCCCCCCC(O)C(=O)NC(CO)C(O)C(O)CCCCCCCCCCCCCCCC. The first kappa shape index (κ1) is 58.3. The molecule has 4 unspecified atom stereocenters. The summed E-state index contributed by atoms with van der Waals surface area (Å²) in [5, 5.41) is 43.9. The van der Waals surface area contributed by atoms with Gasteiger partial charge in [0.1, 0.15) is 12.2 Å². The molecule has 0 fully saturated rings. The van der Waals surface area contributed by atoms with Gasteiger partial charge in [-0.1, -0.05) is 290 Å². The van der Waals surface area contributed by atoms with Crippen molar-refractivity contribution in [2.24, 2.45) is 0 Å². The highest BCUT2D eigenvalue weighted by Crippen LogP contribution is 2.18. The van der Waals surface area contributed by atoms with E-state index < -0.39 is 36.9 Å². The van der Waals surface area contributed by atoms with Crippen molar-refractivity contribution in [3.05, 3.63) is 0 Å². The molecule has 6 nitrogen and oxygen atoms in total. The molecule has 5 N–H and O–H groups in total. The average molecular weight is 838 g/mol. The zero-order valence-electron chi connectivity index (χ0n) is 40.0. The van der Waals surface area contributed by atoms with Crippen molar-refractivity contribution in [3.8, 4) is 0 Å². The van der Waals surface area contributed by atoms with Crippen LogP contribution in [0.15, 0.2) is 0 Å². The Bertz CT molecular complexity index is 811. The zero-order valence-corrected chi connectivity index (χ0v) is 40.0. The second-order valence-corrected chi connectivity index (χ2v) is 18.9. The van der Waals surface area contributed by atoms with E-state index >= 15 is 0 Å². The van der Waals surface area contributed by atoms with Crippen molar-refractivity contribution in [3.63, 3.8) is 0 Å². The van der Waals surface area contributed by atoms with Crippen molar-refractivity contribution >= 4 is 5.91 Å². The number of hydrogen-bond donors (Lipinski definition) is 5. The summed E-state index contributed by atoms with van der Waals surface area (Å²) in [4.78, 5) is 12.6. The number of nitrogens with one attached hydrogen (secondary N) is 1. The van der Waals surface area contributed by atoms with Gasteiger partial charge in [-0.3, -0.25) is 4.79 Å². The van der Waals surface area contributed by atoms with E-state index in [1.165, 1.54) is 238 Å². The average Bonchev–Trinajstić information content (AvgIpc) is 3.24. The number of unbranched alkanes of at least 4 members (excludes halogenated alkanes) is 41. The van der Waals surface area contributed by atoms with E-state index in [1.54, 1.807) is 0 Å².